The number of rotatable bonds is 4. The van der Waals surface area contributed by atoms with E-state index < -0.39 is 23.9 Å². The number of hydrogen-bond acceptors (Lipinski definition) is 5. The molecule has 12 heavy (non-hydrogen) atoms. The molecule has 0 aliphatic heterocycles. The maximum absolute atomic E-state index is 10.1. The second-order valence-electron chi connectivity index (χ2n) is 3.07. The van der Waals surface area contributed by atoms with Gasteiger partial charge in [-0.25, -0.2) is 0 Å². The molecule has 0 aromatic heterocycles. The van der Waals surface area contributed by atoms with Gasteiger partial charge in [0.1, 0.15) is 11.7 Å². The Morgan fingerprint density at radius 1 is 1.50 bits per heavy atom. The zero-order valence-corrected chi connectivity index (χ0v) is 7.14. The largest absolute Gasteiger partial charge is 0.392 e. The average Bonchev–Trinajstić information content (AvgIpc) is 2.01. The van der Waals surface area contributed by atoms with Crippen LogP contribution in [0.3, 0.4) is 0 Å². The molecule has 5 N–H and O–H groups in total. The van der Waals surface area contributed by atoms with Gasteiger partial charge in [0.25, 0.3) is 0 Å². The normalized spacial score (nSPS) is 23.8. The van der Waals surface area contributed by atoms with Gasteiger partial charge in [0.2, 0.25) is 0 Å². The predicted octanol–water partition coefficient (Wildman–Crippen LogP) is -1.99. The Bertz CT molecular complexity index is 157. The van der Waals surface area contributed by atoms with Gasteiger partial charge >= 0.3 is 0 Å². The van der Waals surface area contributed by atoms with Gasteiger partial charge in [0.15, 0.2) is 6.29 Å². The predicted molar refractivity (Wildman–Crippen MR) is 42.4 cm³/mol. The Labute approximate surface area is 70.8 Å². The SMILES string of the molecule is C[C@H](O)[C@@H](N)[C@@](C)(O)[C@H](O)C=O. The third kappa shape index (κ3) is 2.25. The fourth-order valence-corrected chi connectivity index (χ4v) is 0.823. The van der Waals surface area contributed by atoms with Gasteiger partial charge in [-0.05, 0) is 13.8 Å². The second kappa shape index (κ2) is 3.95. The summed E-state index contributed by atoms with van der Waals surface area (Å²) < 4.78 is 0. The first kappa shape index (κ1) is 11.5. The van der Waals surface area contributed by atoms with E-state index in [0.717, 1.165) is 0 Å². The van der Waals surface area contributed by atoms with Gasteiger partial charge in [-0.1, -0.05) is 0 Å². The van der Waals surface area contributed by atoms with Crippen LogP contribution in [0.2, 0.25) is 0 Å². The van der Waals surface area contributed by atoms with Crippen molar-refractivity contribution in [3.8, 4) is 0 Å². The van der Waals surface area contributed by atoms with Crippen LogP contribution in [0.1, 0.15) is 13.8 Å². The van der Waals surface area contributed by atoms with Crippen molar-refractivity contribution in [3.63, 3.8) is 0 Å². The van der Waals surface area contributed by atoms with Crippen LogP contribution in [0.15, 0.2) is 0 Å². The minimum absolute atomic E-state index is 0.183. The third-order valence-electron chi connectivity index (χ3n) is 1.92. The molecule has 0 aromatic carbocycles. The average molecular weight is 177 g/mol. The Hall–Kier alpha value is -0.490. The van der Waals surface area contributed by atoms with Crippen LogP contribution in [0, 0.1) is 0 Å². The molecule has 72 valence electrons. The van der Waals surface area contributed by atoms with E-state index in [1.165, 1.54) is 13.8 Å². The van der Waals surface area contributed by atoms with Gasteiger partial charge in [0, 0.05) is 0 Å². The lowest BCUT2D eigenvalue weighted by Gasteiger charge is -2.33. The fourth-order valence-electron chi connectivity index (χ4n) is 0.823. The highest BCUT2D eigenvalue weighted by molar-refractivity contribution is 5.58. The summed E-state index contributed by atoms with van der Waals surface area (Å²) >= 11 is 0. The molecule has 0 spiro atoms. The van der Waals surface area contributed by atoms with Crippen molar-refractivity contribution < 1.29 is 20.1 Å². The van der Waals surface area contributed by atoms with Crippen LogP contribution >= 0.6 is 0 Å². The van der Waals surface area contributed by atoms with Crippen LogP contribution < -0.4 is 5.73 Å². The van der Waals surface area contributed by atoms with E-state index in [2.05, 4.69) is 0 Å². The topological polar surface area (TPSA) is 104 Å². The molecule has 0 aliphatic carbocycles. The monoisotopic (exact) mass is 177 g/mol. The van der Waals surface area contributed by atoms with E-state index in [-0.39, 0.29) is 6.29 Å². The summed E-state index contributed by atoms with van der Waals surface area (Å²) in [5, 5.41) is 27.4. The molecule has 0 saturated heterocycles. The smallest absolute Gasteiger partial charge is 0.151 e. The lowest BCUT2D eigenvalue weighted by Crippen LogP contribution is -2.59. The molecule has 5 nitrogen and oxygen atoms in total. The van der Waals surface area contributed by atoms with E-state index in [1.807, 2.05) is 0 Å². The molecule has 4 atom stereocenters. The van der Waals surface area contributed by atoms with Crippen molar-refractivity contribution in [2.45, 2.75) is 37.7 Å². The lowest BCUT2D eigenvalue weighted by atomic mass is 9.88. The highest BCUT2D eigenvalue weighted by Crippen LogP contribution is 2.14. The third-order valence-corrected chi connectivity index (χ3v) is 1.92. The summed E-state index contributed by atoms with van der Waals surface area (Å²) in [4.78, 5) is 10.1. The number of hydrogen-bond donors (Lipinski definition) is 4. The Balaban J connectivity index is 4.47. The van der Waals surface area contributed by atoms with Crippen LogP contribution in [-0.4, -0.2) is 45.5 Å². The number of nitrogens with two attached hydrogens (primary N) is 1. The van der Waals surface area contributed by atoms with E-state index in [0.29, 0.717) is 0 Å². The van der Waals surface area contributed by atoms with Crippen molar-refractivity contribution in [2.24, 2.45) is 5.73 Å². The second-order valence-corrected chi connectivity index (χ2v) is 3.07. The summed E-state index contributed by atoms with van der Waals surface area (Å²) in [5.41, 5.74) is 3.56. The molecule has 0 aromatic rings. The number of aliphatic hydroxyl groups is 3. The number of aldehydes is 1. The first-order valence-corrected chi connectivity index (χ1v) is 3.63. The summed E-state index contributed by atoms with van der Waals surface area (Å²) in [5.74, 6) is 0. The number of carbonyl (C=O) groups excluding carboxylic acids is 1. The molecule has 5 heteroatoms. The quantitative estimate of drug-likeness (QED) is 0.372. The molecule has 0 fully saturated rings. The number of aliphatic hydroxyl groups excluding tert-OH is 2. The maximum atomic E-state index is 10.1. The summed E-state index contributed by atoms with van der Waals surface area (Å²) in [7, 11) is 0. The molecule has 0 rings (SSSR count). The summed E-state index contributed by atoms with van der Waals surface area (Å²) in [6, 6.07) is -1.06. The first-order valence-electron chi connectivity index (χ1n) is 3.63. The molecule has 0 saturated carbocycles. The van der Waals surface area contributed by atoms with Crippen molar-refractivity contribution in [3.05, 3.63) is 0 Å². The molecular weight excluding hydrogens is 162 g/mol. The van der Waals surface area contributed by atoms with Gasteiger partial charge in [-0.15, -0.1) is 0 Å². The van der Waals surface area contributed by atoms with Gasteiger partial charge in [-0.2, -0.15) is 0 Å². The Kier molecular flexibility index (Phi) is 3.79. The maximum Gasteiger partial charge on any atom is 0.151 e. The van der Waals surface area contributed by atoms with E-state index in [1.54, 1.807) is 0 Å². The highest BCUT2D eigenvalue weighted by atomic mass is 16.4. The Morgan fingerprint density at radius 2 is 1.92 bits per heavy atom. The zero-order chi connectivity index (χ0) is 9.94. The minimum atomic E-state index is -1.80. The highest BCUT2D eigenvalue weighted by Gasteiger charge is 2.39. The van der Waals surface area contributed by atoms with Crippen molar-refractivity contribution >= 4 is 6.29 Å². The van der Waals surface area contributed by atoms with E-state index >= 15 is 0 Å². The molecule has 0 heterocycles. The minimum Gasteiger partial charge on any atom is -0.392 e. The first-order chi connectivity index (χ1) is 5.34. The van der Waals surface area contributed by atoms with Crippen molar-refractivity contribution in [1.82, 2.24) is 0 Å². The number of carbonyl (C=O) groups is 1. The van der Waals surface area contributed by atoms with E-state index in [9.17, 15) is 9.90 Å². The molecule has 0 unspecified atom stereocenters. The van der Waals surface area contributed by atoms with Gasteiger partial charge in [0.05, 0.1) is 12.1 Å². The van der Waals surface area contributed by atoms with Gasteiger partial charge in [-0.3, -0.25) is 0 Å². The molecule has 0 bridgehead atoms. The molecule has 0 amide bonds. The van der Waals surface area contributed by atoms with Crippen molar-refractivity contribution in [2.75, 3.05) is 0 Å². The molecular formula is C7H15NO4. The molecule has 0 radical (unpaired) electrons. The van der Waals surface area contributed by atoms with Crippen molar-refractivity contribution in [1.29, 1.82) is 0 Å². The van der Waals surface area contributed by atoms with E-state index in [4.69, 9.17) is 15.9 Å². The molecule has 0 aliphatic rings. The van der Waals surface area contributed by atoms with Crippen LogP contribution in [-0.2, 0) is 4.79 Å². The fraction of sp³-hybridized carbons (Fsp3) is 0.857. The van der Waals surface area contributed by atoms with Gasteiger partial charge < -0.3 is 25.8 Å². The Morgan fingerprint density at radius 3 is 2.17 bits per heavy atom. The summed E-state index contributed by atoms with van der Waals surface area (Å²) in [6.07, 6.45) is -2.39. The lowest BCUT2D eigenvalue weighted by molar-refractivity contribution is -0.135. The van der Waals surface area contributed by atoms with Crippen LogP contribution in [0.25, 0.3) is 0 Å². The van der Waals surface area contributed by atoms with Crippen LogP contribution in [0.5, 0.6) is 0 Å². The zero-order valence-electron chi connectivity index (χ0n) is 7.14. The van der Waals surface area contributed by atoms with Crippen LogP contribution in [0.4, 0.5) is 0 Å². The standard InChI is InChI=1S/C7H15NO4/c1-4(10)6(8)7(2,12)5(11)3-9/h3-6,10-12H,8H2,1-2H3/t4-,5+,6+,7-/m0/s1. The summed E-state index contributed by atoms with van der Waals surface area (Å²) in [6.45, 7) is 2.57.